The van der Waals surface area contributed by atoms with Gasteiger partial charge in [-0.05, 0) is 19.4 Å². The molecule has 0 fully saturated rings. The van der Waals surface area contributed by atoms with Crippen LogP contribution in [0, 0.1) is 0 Å². The van der Waals surface area contributed by atoms with E-state index >= 15 is 0 Å². The van der Waals surface area contributed by atoms with Gasteiger partial charge < -0.3 is 19.9 Å². The van der Waals surface area contributed by atoms with Crippen LogP contribution < -0.4 is 15.2 Å². The van der Waals surface area contributed by atoms with Crippen molar-refractivity contribution in [1.82, 2.24) is 0 Å². The number of hydrogen-bond acceptors (Lipinski definition) is 5. The molecule has 0 amide bonds. The van der Waals surface area contributed by atoms with Gasteiger partial charge in [-0.3, -0.25) is 4.79 Å². The number of carbonyl (C=O) groups excluding carboxylic acids is 1. The number of esters is 1. The topological polar surface area (TPSA) is 70.8 Å². The number of rotatable bonds is 7. The Balaban J connectivity index is 2.86. The average Bonchev–Trinajstić information content (AvgIpc) is 2.44. The molecule has 1 atom stereocenters. The Kier molecular flexibility index (Phi) is 6.81. The van der Waals surface area contributed by atoms with Gasteiger partial charge in [-0.25, -0.2) is 0 Å². The van der Waals surface area contributed by atoms with Crippen molar-refractivity contribution in [3.8, 4) is 11.5 Å². The SMILES string of the molecule is CCOC(=O)CCC(N)c1c(Br)cc(OC)cc1OC. The van der Waals surface area contributed by atoms with Crippen LogP contribution in [0.4, 0.5) is 0 Å². The lowest BCUT2D eigenvalue weighted by Crippen LogP contribution is -2.15. The van der Waals surface area contributed by atoms with Crippen LogP contribution in [0.15, 0.2) is 16.6 Å². The fourth-order valence-corrected chi connectivity index (χ4v) is 2.58. The Bertz CT molecular complexity index is 465. The first kappa shape index (κ1) is 16.8. The Hall–Kier alpha value is -1.27. The van der Waals surface area contributed by atoms with Gasteiger partial charge in [0.25, 0.3) is 0 Å². The molecule has 0 radical (unpaired) electrons. The molecule has 0 aliphatic carbocycles. The summed E-state index contributed by atoms with van der Waals surface area (Å²) in [7, 11) is 3.16. The van der Waals surface area contributed by atoms with Gasteiger partial charge in [-0.15, -0.1) is 0 Å². The van der Waals surface area contributed by atoms with Gasteiger partial charge in [0, 0.05) is 28.6 Å². The molecule has 20 heavy (non-hydrogen) atoms. The van der Waals surface area contributed by atoms with Gasteiger partial charge in [0.1, 0.15) is 11.5 Å². The van der Waals surface area contributed by atoms with Crippen LogP contribution in [-0.2, 0) is 9.53 Å². The fraction of sp³-hybridized carbons (Fsp3) is 0.500. The van der Waals surface area contributed by atoms with Crippen molar-refractivity contribution in [3.63, 3.8) is 0 Å². The smallest absolute Gasteiger partial charge is 0.305 e. The first-order chi connectivity index (χ1) is 9.53. The minimum Gasteiger partial charge on any atom is -0.497 e. The van der Waals surface area contributed by atoms with E-state index in [-0.39, 0.29) is 18.4 Å². The molecule has 0 saturated carbocycles. The lowest BCUT2D eigenvalue weighted by Gasteiger charge is -2.18. The summed E-state index contributed by atoms with van der Waals surface area (Å²) in [5.41, 5.74) is 6.97. The number of carbonyl (C=O) groups is 1. The zero-order valence-electron chi connectivity index (χ0n) is 11.9. The second-order valence-electron chi connectivity index (χ2n) is 4.18. The summed E-state index contributed by atoms with van der Waals surface area (Å²) in [6, 6.07) is 3.27. The monoisotopic (exact) mass is 345 g/mol. The number of benzene rings is 1. The number of hydrogen-bond donors (Lipinski definition) is 1. The summed E-state index contributed by atoms with van der Waals surface area (Å²) in [5.74, 6) is 1.06. The van der Waals surface area contributed by atoms with Gasteiger partial charge in [0.2, 0.25) is 0 Å². The molecular weight excluding hydrogens is 326 g/mol. The summed E-state index contributed by atoms with van der Waals surface area (Å²) in [5, 5.41) is 0. The van der Waals surface area contributed by atoms with Crippen molar-refractivity contribution in [2.75, 3.05) is 20.8 Å². The first-order valence-electron chi connectivity index (χ1n) is 6.36. The molecule has 1 aromatic rings. The van der Waals surface area contributed by atoms with Crippen LogP contribution in [0.5, 0.6) is 11.5 Å². The maximum Gasteiger partial charge on any atom is 0.305 e. The fourth-order valence-electron chi connectivity index (χ4n) is 1.87. The van der Waals surface area contributed by atoms with Crippen LogP contribution in [0.2, 0.25) is 0 Å². The molecule has 0 bridgehead atoms. The average molecular weight is 346 g/mol. The Morgan fingerprint density at radius 3 is 2.60 bits per heavy atom. The highest BCUT2D eigenvalue weighted by molar-refractivity contribution is 9.10. The summed E-state index contributed by atoms with van der Waals surface area (Å²) < 4.78 is 16.2. The molecule has 1 unspecified atom stereocenters. The van der Waals surface area contributed by atoms with E-state index in [9.17, 15) is 4.79 Å². The largest absolute Gasteiger partial charge is 0.497 e. The zero-order valence-corrected chi connectivity index (χ0v) is 13.5. The standard InChI is InChI=1S/C14H20BrNO4/c1-4-20-13(17)6-5-11(16)14-10(15)7-9(18-2)8-12(14)19-3/h7-8,11H,4-6,16H2,1-3H3. The minimum absolute atomic E-state index is 0.244. The summed E-state index contributed by atoms with van der Waals surface area (Å²) >= 11 is 3.46. The number of methoxy groups -OCH3 is 2. The van der Waals surface area contributed by atoms with E-state index in [1.54, 1.807) is 27.2 Å². The molecule has 6 heteroatoms. The van der Waals surface area contributed by atoms with Gasteiger partial charge in [-0.1, -0.05) is 15.9 Å². The van der Waals surface area contributed by atoms with Crippen LogP contribution >= 0.6 is 15.9 Å². The van der Waals surface area contributed by atoms with Gasteiger partial charge in [0.05, 0.1) is 20.8 Å². The quantitative estimate of drug-likeness (QED) is 0.769. The van der Waals surface area contributed by atoms with Crippen molar-refractivity contribution in [1.29, 1.82) is 0 Å². The van der Waals surface area contributed by atoms with Crippen LogP contribution in [-0.4, -0.2) is 26.8 Å². The van der Waals surface area contributed by atoms with E-state index in [0.29, 0.717) is 24.5 Å². The Labute approximate surface area is 127 Å². The van der Waals surface area contributed by atoms with E-state index in [1.807, 2.05) is 6.07 Å². The van der Waals surface area contributed by atoms with Crippen molar-refractivity contribution >= 4 is 21.9 Å². The molecule has 0 spiro atoms. The number of halogens is 1. The van der Waals surface area contributed by atoms with E-state index in [1.165, 1.54) is 0 Å². The second-order valence-corrected chi connectivity index (χ2v) is 5.03. The molecule has 0 aliphatic heterocycles. The summed E-state index contributed by atoms with van der Waals surface area (Å²) in [6.45, 7) is 2.16. The number of nitrogens with two attached hydrogens (primary N) is 1. The lowest BCUT2D eigenvalue weighted by molar-refractivity contribution is -0.143. The third-order valence-corrected chi connectivity index (χ3v) is 3.51. The molecule has 0 aliphatic rings. The summed E-state index contributed by atoms with van der Waals surface area (Å²) in [6.07, 6.45) is 0.761. The molecule has 2 N–H and O–H groups in total. The normalized spacial score (nSPS) is 11.8. The van der Waals surface area contributed by atoms with Gasteiger partial charge in [0.15, 0.2) is 0 Å². The highest BCUT2D eigenvalue weighted by Crippen LogP contribution is 2.37. The lowest BCUT2D eigenvalue weighted by atomic mass is 10.0. The predicted molar refractivity (Wildman–Crippen MR) is 80.0 cm³/mol. The third kappa shape index (κ3) is 4.38. The highest BCUT2D eigenvalue weighted by atomic mass is 79.9. The molecule has 5 nitrogen and oxygen atoms in total. The van der Waals surface area contributed by atoms with Gasteiger partial charge >= 0.3 is 5.97 Å². The van der Waals surface area contributed by atoms with E-state index in [0.717, 1.165) is 10.0 Å². The van der Waals surface area contributed by atoms with Crippen LogP contribution in [0.25, 0.3) is 0 Å². The molecule has 1 rings (SSSR count). The predicted octanol–water partition coefficient (Wildman–Crippen LogP) is 2.81. The zero-order chi connectivity index (χ0) is 15.1. The minimum atomic E-state index is -0.324. The van der Waals surface area contributed by atoms with E-state index < -0.39 is 0 Å². The van der Waals surface area contributed by atoms with Crippen LogP contribution in [0.1, 0.15) is 31.4 Å². The maximum atomic E-state index is 11.4. The Morgan fingerprint density at radius 1 is 1.35 bits per heavy atom. The molecule has 112 valence electrons. The molecule has 0 saturated heterocycles. The van der Waals surface area contributed by atoms with Crippen molar-refractivity contribution < 1.29 is 19.0 Å². The summed E-state index contributed by atoms with van der Waals surface area (Å²) in [4.78, 5) is 11.4. The van der Waals surface area contributed by atoms with Gasteiger partial charge in [-0.2, -0.15) is 0 Å². The molecule has 0 aromatic heterocycles. The highest BCUT2D eigenvalue weighted by Gasteiger charge is 2.18. The first-order valence-corrected chi connectivity index (χ1v) is 7.15. The third-order valence-electron chi connectivity index (χ3n) is 2.86. The maximum absolute atomic E-state index is 11.4. The second kappa shape index (κ2) is 8.11. The Morgan fingerprint density at radius 2 is 2.05 bits per heavy atom. The van der Waals surface area contributed by atoms with E-state index in [2.05, 4.69) is 15.9 Å². The van der Waals surface area contributed by atoms with Crippen molar-refractivity contribution in [2.24, 2.45) is 5.73 Å². The van der Waals surface area contributed by atoms with Crippen LogP contribution in [0.3, 0.4) is 0 Å². The van der Waals surface area contributed by atoms with E-state index in [4.69, 9.17) is 19.9 Å². The number of ether oxygens (including phenoxy) is 3. The van der Waals surface area contributed by atoms with Crippen molar-refractivity contribution in [2.45, 2.75) is 25.8 Å². The molecule has 1 aromatic carbocycles. The molecular formula is C14H20BrNO4. The molecule has 0 heterocycles. The van der Waals surface area contributed by atoms with Crippen molar-refractivity contribution in [3.05, 3.63) is 22.2 Å².